The van der Waals surface area contributed by atoms with Crippen LogP contribution >= 0.6 is 0 Å². The summed E-state index contributed by atoms with van der Waals surface area (Å²) in [4.78, 5) is 0. The van der Waals surface area contributed by atoms with Gasteiger partial charge in [0.1, 0.15) is 0 Å². The molecule has 108 valence electrons. The highest BCUT2D eigenvalue weighted by atomic mass is 16.7. The summed E-state index contributed by atoms with van der Waals surface area (Å²) in [6, 6.07) is 10.4. The Morgan fingerprint density at radius 1 is 1.21 bits per heavy atom. The van der Waals surface area contributed by atoms with Crippen molar-refractivity contribution in [2.45, 2.75) is 45.9 Å². The van der Waals surface area contributed by atoms with Gasteiger partial charge in [0, 0.05) is 19.7 Å². The van der Waals surface area contributed by atoms with E-state index in [1.807, 2.05) is 19.9 Å². The molecule has 0 radical (unpaired) electrons. The van der Waals surface area contributed by atoms with Crippen LogP contribution in [0.25, 0.3) is 0 Å². The van der Waals surface area contributed by atoms with Gasteiger partial charge in [-0.3, -0.25) is 0 Å². The first-order valence-corrected chi connectivity index (χ1v) is 7.43. The van der Waals surface area contributed by atoms with Crippen molar-refractivity contribution in [2.75, 3.05) is 19.8 Å². The van der Waals surface area contributed by atoms with Gasteiger partial charge < -0.3 is 14.8 Å². The second kappa shape index (κ2) is 11.0. The SMILES string of the molecule is CC.c1ccc(CNCCOC2CCCCO2)cc1. The predicted molar refractivity (Wildman–Crippen MR) is 79.0 cm³/mol. The zero-order chi connectivity index (χ0) is 13.8. The van der Waals surface area contributed by atoms with Gasteiger partial charge in [0.25, 0.3) is 0 Å². The van der Waals surface area contributed by atoms with Crippen molar-refractivity contribution < 1.29 is 9.47 Å². The zero-order valence-electron chi connectivity index (χ0n) is 12.2. The largest absolute Gasteiger partial charge is 0.353 e. The second-order valence-electron chi connectivity index (χ2n) is 4.33. The van der Waals surface area contributed by atoms with Crippen LogP contribution in [0.5, 0.6) is 0 Å². The Labute approximate surface area is 117 Å². The van der Waals surface area contributed by atoms with Crippen molar-refractivity contribution in [2.24, 2.45) is 0 Å². The maximum Gasteiger partial charge on any atom is 0.157 e. The standard InChI is InChI=1S/C14H21NO2.C2H6/c1-2-6-13(7-3-1)12-15-9-11-17-14-8-4-5-10-16-14;1-2/h1-3,6-7,14-15H,4-5,8-12H2;1-2H3. The van der Waals surface area contributed by atoms with E-state index in [1.54, 1.807) is 0 Å². The van der Waals surface area contributed by atoms with Gasteiger partial charge >= 0.3 is 0 Å². The summed E-state index contributed by atoms with van der Waals surface area (Å²) >= 11 is 0. The lowest BCUT2D eigenvalue weighted by atomic mass is 10.2. The normalized spacial score (nSPS) is 18.5. The van der Waals surface area contributed by atoms with E-state index in [0.717, 1.165) is 32.7 Å². The predicted octanol–water partition coefficient (Wildman–Crippen LogP) is 3.35. The lowest BCUT2D eigenvalue weighted by Crippen LogP contribution is -2.27. The molecule has 0 saturated carbocycles. The van der Waals surface area contributed by atoms with Gasteiger partial charge in [-0.05, 0) is 24.8 Å². The van der Waals surface area contributed by atoms with Crippen molar-refractivity contribution in [3.05, 3.63) is 35.9 Å². The molecule has 1 unspecified atom stereocenters. The van der Waals surface area contributed by atoms with E-state index in [2.05, 4.69) is 29.6 Å². The molecule has 1 aliphatic rings. The van der Waals surface area contributed by atoms with Crippen LogP contribution in [0.15, 0.2) is 30.3 Å². The minimum Gasteiger partial charge on any atom is -0.353 e. The molecule has 0 aromatic heterocycles. The third kappa shape index (κ3) is 7.31. The van der Waals surface area contributed by atoms with Crippen LogP contribution in [0.2, 0.25) is 0 Å². The molecule has 1 heterocycles. The molecule has 0 aliphatic carbocycles. The first kappa shape index (κ1) is 16.2. The van der Waals surface area contributed by atoms with E-state index < -0.39 is 0 Å². The van der Waals surface area contributed by atoms with Crippen LogP contribution < -0.4 is 5.32 Å². The van der Waals surface area contributed by atoms with Crippen LogP contribution in [-0.2, 0) is 16.0 Å². The molecular formula is C16H27NO2. The van der Waals surface area contributed by atoms with Gasteiger partial charge in [-0.1, -0.05) is 44.2 Å². The number of hydrogen-bond acceptors (Lipinski definition) is 3. The summed E-state index contributed by atoms with van der Waals surface area (Å²) in [5.41, 5.74) is 1.31. The molecule has 1 fully saturated rings. The molecule has 1 aromatic rings. The Bertz CT molecular complexity index is 297. The summed E-state index contributed by atoms with van der Waals surface area (Å²) in [5, 5.41) is 3.36. The Kier molecular flexibility index (Phi) is 9.33. The van der Waals surface area contributed by atoms with E-state index in [1.165, 1.54) is 18.4 Å². The Hall–Kier alpha value is -0.900. The molecular weight excluding hydrogens is 238 g/mol. The average Bonchev–Trinajstić information content (AvgIpc) is 2.51. The van der Waals surface area contributed by atoms with E-state index in [-0.39, 0.29) is 6.29 Å². The van der Waals surface area contributed by atoms with Crippen LogP contribution in [-0.4, -0.2) is 26.0 Å². The number of hydrogen-bond donors (Lipinski definition) is 1. The molecule has 3 heteroatoms. The highest BCUT2D eigenvalue weighted by Gasteiger charge is 2.13. The number of nitrogens with one attached hydrogen (secondary N) is 1. The Morgan fingerprint density at radius 2 is 2.00 bits per heavy atom. The smallest absolute Gasteiger partial charge is 0.157 e. The van der Waals surface area contributed by atoms with Gasteiger partial charge in [0.15, 0.2) is 6.29 Å². The lowest BCUT2D eigenvalue weighted by Gasteiger charge is -2.22. The van der Waals surface area contributed by atoms with Gasteiger partial charge in [-0.2, -0.15) is 0 Å². The Balaban J connectivity index is 0.000000861. The minimum absolute atomic E-state index is 0.0299. The minimum atomic E-state index is 0.0299. The first-order chi connectivity index (χ1) is 9.45. The van der Waals surface area contributed by atoms with E-state index >= 15 is 0 Å². The molecule has 1 aromatic carbocycles. The summed E-state index contributed by atoms with van der Waals surface area (Å²) in [6.07, 6.45) is 3.47. The third-order valence-electron chi connectivity index (χ3n) is 2.89. The second-order valence-corrected chi connectivity index (χ2v) is 4.33. The van der Waals surface area contributed by atoms with Crippen LogP contribution in [0.4, 0.5) is 0 Å². The fraction of sp³-hybridized carbons (Fsp3) is 0.625. The van der Waals surface area contributed by atoms with Crippen molar-refractivity contribution in [3.8, 4) is 0 Å². The molecule has 0 amide bonds. The molecule has 0 spiro atoms. The molecule has 1 atom stereocenters. The third-order valence-corrected chi connectivity index (χ3v) is 2.89. The van der Waals surface area contributed by atoms with Gasteiger partial charge in [-0.15, -0.1) is 0 Å². The summed E-state index contributed by atoms with van der Waals surface area (Å²) in [6.45, 7) is 7.34. The fourth-order valence-electron chi connectivity index (χ4n) is 1.93. The topological polar surface area (TPSA) is 30.5 Å². The van der Waals surface area contributed by atoms with Crippen molar-refractivity contribution >= 4 is 0 Å². The van der Waals surface area contributed by atoms with E-state index in [9.17, 15) is 0 Å². The van der Waals surface area contributed by atoms with Crippen molar-refractivity contribution in [1.29, 1.82) is 0 Å². The average molecular weight is 265 g/mol. The molecule has 0 bridgehead atoms. The van der Waals surface area contributed by atoms with Gasteiger partial charge in [-0.25, -0.2) is 0 Å². The Morgan fingerprint density at radius 3 is 2.68 bits per heavy atom. The van der Waals surface area contributed by atoms with Crippen molar-refractivity contribution in [3.63, 3.8) is 0 Å². The molecule has 1 aliphatic heterocycles. The summed E-state index contributed by atoms with van der Waals surface area (Å²) in [7, 11) is 0. The van der Waals surface area contributed by atoms with E-state index in [4.69, 9.17) is 9.47 Å². The molecule has 1 saturated heterocycles. The van der Waals surface area contributed by atoms with Crippen LogP contribution in [0, 0.1) is 0 Å². The molecule has 1 N–H and O–H groups in total. The monoisotopic (exact) mass is 265 g/mol. The highest BCUT2D eigenvalue weighted by molar-refractivity contribution is 5.14. The molecule has 19 heavy (non-hydrogen) atoms. The molecule has 2 rings (SSSR count). The number of rotatable bonds is 6. The maximum absolute atomic E-state index is 5.64. The highest BCUT2D eigenvalue weighted by Crippen LogP contribution is 2.13. The lowest BCUT2D eigenvalue weighted by molar-refractivity contribution is -0.161. The maximum atomic E-state index is 5.64. The van der Waals surface area contributed by atoms with Crippen molar-refractivity contribution in [1.82, 2.24) is 5.32 Å². The van der Waals surface area contributed by atoms with Crippen LogP contribution in [0.1, 0.15) is 38.7 Å². The zero-order valence-corrected chi connectivity index (χ0v) is 12.2. The van der Waals surface area contributed by atoms with Crippen LogP contribution in [0.3, 0.4) is 0 Å². The summed E-state index contributed by atoms with van der Waals surface area (Å²) < 4.78 is 11.1. The van der Waals surface area contributed by atoms with E-state index in [0.29, 0.717) is 0 Å². The molecule has 3 nitrogen and oxygen atoms in total. The number of ether oxygens (including phenoxy) is 2. The quantitative estimate of drug-likeness (QED) is 0.800. The fourth-order valence-corrected chi connectivity index (χ4v) is 1.93. The summed E-state index contributed by atoms with van der Waals surface area (Å²) in [5.74, 6) is 0. The van der Waals surface area contributed by atoms with Gasteiger partial charge in [0.2, 0.25) is 0 Å². The first-order valence-electron chi connectivity index (χ1n) is 7.43. The van der Waals surface area contributed by atoms with Gasteiger partial charge in [0.05, 0.1) is 6.61 Å². The number of benzene rings is 1.